The van der Waals surface area contributed by atoms with Gasteiger partial charge in [-0.05, 0) is 0 Å². The number of hydrogen-bond donors (Lipinski definition) is 5. The van der Waals surface area contributed by atoms with E-state index in [1.165, 1.54) is 0 Å². The van der Waals surface area contributed by atoms with Crippen LogP contribution in [0.25, 0.3) is 0 Å². The van der Waals surface area contributed by atoms with Crippen molar-refractivity contribution < 1.29 is 25.2 Å². The highest BCUT2D eigenvalue weighted by atomic mass is 35.5. The molecule has 0 rings (SSSR count). The largest absolute Gasteiger partial charge is 0.394 e. The third-order valence-corrected chi connectivity index (χ3v) is 1.48. The summed E-state index contributed by atoms with van der Waals surface area (Å²) >= 11 is 0. The van der Waals surface area contributed by atoms with Crippen molar-refractivity contribution in [3.05, 3.63) is 0 Å². The molecule has 4 atom stereocenters. The van der Waals surface area contributed by atoms with E-state index in [4.69, 9.17) is 26.2 Å². The van der Waals surface area contributed by atoms with E-state index < -0.39 is 31.0 Å². The maximum absolute atomic E-state index is 10.0. The number of carbonyl (C=O) groups is 1. The van der Waals surface area contributed by atoms with Crippen molar-refractivity contribution in [2.45, 2.75) is 24.4 Å². The van der Waals surface area contributed by atoms with Gasteiger partial charge in [0.2, 0.25) is 0 Å². The lowest BCUT2D eigenvalue weighted by molar-refractivity contribution is -0.118. The Morgan fingerprint density at radius 3 is 2.00 bits per heavy atom. The summed E-state index contributed by atoms with van der Waals surface area (Å²) in [4.78, 5) is 10.0. The van der Waals surface area contributed by atoms with Crippen LogP contribution in [0.5, 0.6) is 0 Å². The summed E-state index contributed by atoms with van der Waals surface area (Å²) in [7, 11) is 0. The Morgan fingerprint density at radius 2 is 1.69 bits per heavy atom. The second kappa shape index (κ2) is 7.19. The van der Waals surface area contributed by atoms with Crippen molar-refractivity contribution in [2.75, 3.05) is 6.61 Å². The third-order valence-electron chi connectivity index (χ3n) is 1.48. The molecular formula is C6H14ClNO5. The minimum Gasteiger partial charge on any atom is -0.394 e. The first-order valence-corrected chi connectivity index (χ1v) is 3.40. The van der Waals surface area contributed by atoms with E-state index in [0.29, 0.717) is 0 Å². The fourth-order valence-electron chi connectivity index (χ4n) is 0.644. The molecule has 0 bridgehead atoms. The maximum atomic E-state index is 10.0. The molecule has 0 amide bonds. The van der Waals surface area contributed by atoms with Crippen molar-refractivity contribution in [2.24, 2.45) is 5.73 Å². The zero-order valence-corrected chi connectivity index (χ0v) is 7.59. The van der Waals surface area contributed by atoms with E-state index in [0.717, 1.165) is 0 Å². The summed E-state index contributed by atoms with van der Waals surface area (Å²) in [5.74, 6) is 0. The van der Waals surface area contributed by atoms with Crippen molar-refractivity contribution in [1.82, 2.24) is 0 Å². The van der Waals surface area contributed by atoms with E-state index in [2.05, 4.69) is 0 Å². The number of nitrogens with two attached hydrogens (primary N) is 1. The molecule has 0 spiro atoms. The molecule has 0 aromatic carbocycles. The average molecular weight is 216 g/mol. The Bertz CT molecular complexity index is 147. The molecule has 0 heterocycles. The van der Waals surface area contributed by atoms with Crippen LogP contribution in [0.2, 0.25) is 0 Å². The highest BCUT2D eigenvalue weighted by molar-refractivity contribution is 5.85. The SMILES string of the molecule is Cl.N[C@H](C=O)C(O)[C@H](O)[C@H](O)CO. The molecule has 6 nitrogen and oxygen atoms in total. The van der Waals surface area contributed by atoms with Crippen LogP contribution in [0.4, 0.5) is 0 Å². The maximum Gasteiger partial charge on any atom is 0.139 e. The molecule has 0 saturated carbocycles. The average Bonchev–Trinajstić information content (AvgIpc) is 2.12. The number of rotatable bonds is 5. The molecule has 0 saturated heterocycles. The van der Waals surface area contributed by atoms with Gasteiger partial charge in [0.25, 0.3) is 0 Å². The molecule has 1 unspecified atom stereocenters. The first-order valence-electron chi connectivity index (χ1n) is 3.40. The molecule has 0 fully saturated rings. The first kappa shape index (κ1) is 15.2. The summed E-state index contributed by atoms with van der Waals surface area (Å²) in [6.07, 6.45) is -4.43. The van der Waals surface area contributed by atoms with Crippen molar-refractivity contribution in [1.29, 1.82) is 0 Å². The minimum atomic E-state index is -1.62. The highest BCUT2D eigenvalue weighted by Gasteiger charge is 2.28. The number of halogens is 1. The van der Waals surface area contributed by atoms with Crippen LogP contribution >= 0.6 is 12.4 Å². The van der Waals surface area contributed by atoms with Crippen LogP contribution in [-0.4, -0.2) is 57.7 Å². The second-order valence-corrected chi connectivity index (χ2v) is 2.44. The van der Waals surface area contributed by atoms with Gasteiger partial charge in [-0.3, -0.25) is 0 Å². The Kier molecular flexibility index (Phi) is 8.43. The van der Waals surface area contributed by atoms with E-state index in [9.17, 15) is 4.79 Å². The number of aliphatic hydroxyl groups is 4. The second-order valence-electron chi connectivity index (χ2n) is 2.44. The van der Waals surface area contributed by atoms with Crippen molar-refractivity contribution in [3.63, 3.8) is 0 Å². The van der Waals surface area contributed by atoms with E-state index in [-0.39, 0.29) is 18.7 Å². The monoisotopic (exact) mass is 215 g/mol. The first-order chi connectivity index (χ1) is 5.54. The van der Waals surface area contributed by atoms with Gasteiger partial charge in [-0.2, -0.15) is 0 Å². The summed E-state index contributed by atoms with van der Waals surface area (Å²) < 4.78 is 0. The molecule has 0 aromatic rings. The van der Waals surface area contributed by atoms with Crippen LogP contribution in [0.15, 0.2) is 0 Å². The molecule has 6 N–H and O–H groups in total. The molecule has 13 heavy (non-hydrogen) atoms. The molecule has 7 heteroatoms. The van der Waals surface area contributed by atoms with Crippen LogP contribution < -0.4 is 5.73 Å². The summed E-state index contributed by atoms with van der Waals surface area (Å²) in [5, 5.41) is 35.2. The van der Waals surface area contributed by atoms with Crippen LogP contribution in [0.1, 0.15) is 0 Å². The summed E-state index contributed by atoms with van der Waals surface area (Å²) in [6.45, 7) is -0.705. The smallest absolute Gasteiger partial charge is 0.139 e. The van der Waals surface area contributed by atoms with Crippen LogP contribution in [-0.2, 0) is 4.79 Å². The Balaban J connectivity index is 0. The van der Waals surface area contributed by atoms with E-state index >= 15 is 0 Å². The van der Waals surface area contributed by atoms with Gasteiger partial charge in [0.15, 0.2) is 0 Å². The van der Waals surface area contributed by atoms with Crippen LogP contribution in [0, 0.1) is 0 Å². The van der Waals surface area contributed by atoms with Gasteiger partial charge >= 0.3 is 0 Å². The van der Waals surface area contributed by atoms with Gasteiger partial charge in [-0.25, -0.2) is 0 Å². The molecule has 0 aliphatic rings. The summed E-state index contributed by atoms with van der Waals surface area (Å²) in [5.41, 5.74) is 5.04. The predicted octanol–water partition coefficient (Wildman–Crippen LogP) is -2.99. The zero-order valence-electron chi connectivity index (χ0n) is 6.78. The van der Waals surface area contributed by atoms with Gasteiger partial charge in [0.05, 0.1) is 12.6 Å². The highest BCUT2D eigenvalue weighted by Crippen LogP contribution is 2.01. The lowest BCUT2D eigenvalue weighted by Crippen LogP contribution is -2.49. The quantitative estimate of drug-likeness (QED) is 0.312. The molecule has 80 valence electrons. The van der Waals surface area contributed by atoms with E-state index in [1.54, 1.807) is 0 Å². The number of aliphatic hydroxyl groups excluding tert-OH is 4. The fourth-order valence-corrected chi connectivity index (χ4v) is 0.644. The van der Waals surface area contributed by atoms with Crippen LogP contribution in [0.3, 0.4) is 0 Å². The fraction of sp³-hybridized carbons (Fsp3) is 0.833. The molecule has 0 radical (unpaired) electrons. The Hall–Kier alpha value is -0.240. The van der Waals surface area contributed by atoms with Crippen molar-refractivity contribution >= 4 is 18.7 Å². The lowest BCUT2D eigenvalue weighted by atomic mass is 10.0. The Morgan fingerprint density at radius 1 is 1.23 bits per heavy atom. The number of aldehydes is 1. The lowest BCUT2D eigenvalue weighted by Gasteiger charge is -2.23. The van der Waals surface area contributed by atoms with Gasteiger partial charge in [0.1, 0.15) is 24.6 Å². The standard InChI is InChI=1S/C6H13NO5.ClH/c7-3(1-8)5(11)6(12)4(10)2-9;/h1,3-6,9-12H,2,7H2;1H/t3-,4-,5?,6-;/m1./s1. The number of hydrogen-bond acceptors (Lipinski definition) is 6. The topological polar surface area (TPSA) is 124 Å². The molecular weight excluding hydrogens is 202 g/mol. The molecule has 0 aromatic heterocycles. The predicted molar refractivity (Wildman–Crippen MR) is 46.4 cm³/mol. The zero-order chi connectivity index (χ0) is 9.72. The molecule has 0 aliphatic heterocycles. The third kappa shape index (κ3) is 4.51. The summed E-state index contributed by atoms with van der Waals surface area (Å²) in [6, 6.07) is -1.26. The van der Waals surface area contributed by atoms with E-state index in [1.807, 2.05) is 0 Å². The minimum absolute atomic E-state index is 0. The van der Waals surface area contributed by atoms with Gasteiger partial charge < -0.3 is 31.0 Å². The van der Waals surface area contributed by atoms with Gasteiger partial charge in [-0.1, -0.05) is 0 Å². The van der Waals surface area contributed by atoms with Crippen molar-refractivity contribution in [3.8, 4) is 0 Å². The Labute approximate surface area is 81.4 Å². The van der Waals surface area contributed by atoms with Gasteiger partial charge in [0, 0.05) is 0 Å². The number of carbonyl (C=O) groups excluding carboxylic acids is 1. The molecule has 0 aliphatic carbocycles. The van der Waals surface area contributed by atoms with Gasteiger partial charge in [-0.15, -0.1) is 12.4 Å². The normalized spacial score (nSPS) is 19.5.